The van der Waals surface area contributed by atoms with Crippen LogP contribution in [0, 0.1) is 5.41 Å². The molecule has 0 heterocycles. The minimum Gasteiger partial charge on any atom is -0.480 e. The van der Waals surface area contributed by atoms with Gasteiger partial charge >= 0.3 is 23.9 Å². The first-order chi connectivity index (χ1) is 9.72. The van der Waals surface area contributed by atoms with Gasteiger partial charge in [-0.3, -0.25) is 19.2 Å². The number of benzene rings is 1. The number of aliphatic carboxylic acids is 4. The van der Waals surface area contributed by atoms with Crippen molar-refractivity contribution in [2.24, 2.45) is 5.41 Å². The number of carboxylic acids is 4. The van der Waals surface area contributed by atoms with Crippen LogP contribution in [0.4, 0.5) is 0 Å². The molecule has 4 N–H and O–H groups in total. The Morgan fingerprint density at radius 1 is 0.810 bits per heavy atom. The molecule has 0 unspecified atom stereocenters. The van der Waals surface area contributed by atoms with Gasteiger partial charge in [0.15, 0.2) is 5.41 Å². The van der Waals surface area contributed by atoms with Crippen LogP contribution in [0.2, 0.25) is 0 Å². The molecule has 1 aromatic carbocycles. The molecule has 0 bridgehead atoms. The number of fused-ring (bicyclic) bond motifs is 1. The fraction of sp³-hybridized carbons (Fsp3) is 0.231. The first-order valence-electron chi connectivity index (χ1n) is 5.75. The molecule has 0 spiro atoms. The third-order valence-electron chi connectivity index (χ3n) is 3.89. The van der Waals surface area contributed by atoms with E-state index in [0.717, 1.165) is 6.07 Å². The molecule has 8 heteroatoms. The summed E-state index contributed by atoms with van der Waals surface area (Å²) in [6, 6.07) is 5.24. The van der Waals surface area contributed by atoms with E-state index in [1.807, 2.05) is 0 Å². The molecule has 1 aromatic rings. The van der Waals surface area contributed by atoms with Gasteiger partial charge in [0.2, 0.25) is 5.41 Å². The van der Waals surface area contributed by atoms with E-state index < -0.39 is 41.1 Å². The van der Waals surface area contributed by atoms with Gasteiger partial charge in [0.1, 0.15) is 0 Å². The van der Waals surface area contributed by atoms with Crippen molar-refractivity contribution in [1.29, 1.82) is 0 Å². The minimum absolute atomic E-state index is 0.0760. The molecule has 2 rings (SSSR count). The fourth-order valence-corrected chi connectivity index (χ4v) is 2.94. The first-order valence-corrected chi connectivity index (χ1v) is 5.75. The molecule has 0 radical (unpaired) electrons. The van der Waals surface area contributed by atoms with Gasteiger partial charge in [-0.05, 0) is 11.1 Å². The van der Waals surface area contributed by atoms with Crippen molar-refractivity contribution in [1.82, 2.24) is 0 Å². The lowest BCUT2D eigenvalue weighted by Crippen LogP contribution is -2.62. The Kier molecular flexibility index (Phi) is 2.97. The van der Waals surface area contributed by atoms with Crippen LogP contribution in [0.15, 0.2) is 24.3 Å². The smallest absolute Gasteiger partial charge is 0.327 e. The highest BCUT2D eigenvalue weighted by Crippen LogP contribution is 2.53. The van der Waals surface area contributed by atoms with Crippen molar-refractivity contribution >= 4 is 23.9 Å². The summed E-state index contributed by atoms with van der Waals surface area (Å²) < 4.78 is 0. The molecular formula is C13H10O8. The third kappa shape index (κ3) is 1.44. The molecule has 8 nitrogen and oxygen atoms in total. The number of hydrogen-bond donors (Lipinski definition) is 4. The van der Waals surface area contributed by atoms with Crippen molar-refractivity contribution in [3.8, 4) is 0 Å². The summed E-state index contributed by atoms with van der Waals surface area (Å²) in [4.78, 5) is 46.4. The zero-order chi connectivity index (χ0) is 16.0. The van der Waals surface area contributed by atoms with Gasteiger partial charge in [-0.25, -0.2) is 0 Å². The number of carboxylic acid groups (broad SMARTS) is 4. The lowest BCUT2D eigenvalue weighted by molar-refractivity contribution is -0.184. The van der Waals surface area contributed by atoms with E-state index in [-0.39, 0.29) is 11.1 Å². The Labute approximate surface area is 117 Å². The molecule has 0 saturated carbocycles. The molecule has 0 fully saturated rings. The molecule has 21 heavy (non-hydrogen) atoms. The van der Waals surface area contributed by atoms with Gasteiger partial charge in [-0.1, -0.05) is 24.3 Å². The summed E-state index contributed by atoms with van der Waals surface area (Å²) in [6.07, 6.45) is -0.716. The molecule has 0 amide bonds. The van der Waals surface area contributed by atoms with Gasteiger partial charge in [-0.2, -0.15) is 0 Å². The molecule has 0 saturated heterocycles. The summed E-state index contributed by atoms with van der Waals surface area (Å²) in [5.41, 5.74) is -6.34. The van der Waals surface area contributed by atoms with Gasteiger partial charge in [0.05, 0.1) is 0 Å². The second kappa shape index (κ2) is 4.30. The monoisotopic (exact) mass is 294 g/mol. The van der Waals surface area contributed by atoms with Crippen molar-refractivity contribution in [3.05, 3.63) is 35.4 Å². The summed E-state index contributed by atoms with van der Waals surface area (Å²) in [7, 11) is 0. The van der Waals surface area contributed by atoms with E-state index >= 15 is 0 Å². The largest absolute Gasteiger partial charge is 0.480 e. The number of hydrogen-bond acceptors (Lipinski definition) is 4. The van der Waals surface area contributed by atoms with Crippen LogP contribution in [0.1, 0.15) is 11.1 Å². The van der Waals surface area contributed by atoms with Gasteiger partial charge < -0.3 is 20.4 Å². The molecule has 1 aliphatic rings. The number of rotatable bonds is 4. The average Bonchev–Trinajstić information content (AvgIpc) is 2.71. The highest BCUT2D eigenvalue weighted by atomic mass is 16.4. The summed E-state index contributed by atoms with van der Waals surface area (Å²) in [5, 5.41) is 37.5. The van der Waals surface area contributed by atoms with Crippen LogP contribution in [0.25, 0.3) is 0 Å². The van der Waals surface area contributed by atoms with Gasteiger partial charge in [0.25, 0.3) is 0 Å². The van der Waals surface area contributed by atoms with Crippen LogP contribution in [0.3, 0.4) is 0 Å². The molecule has 110 valence electrons. The van der Waals surface area contributed by atoms with Crippen molar-refractivity contribution < 1.29 is 39.6 Å². The van der Waals surface area contributed by atoms with Gasteiger partial charge in [0, 0.05) is 6.42 Å². The molecular weight excluding hydrogens is 284 g/mol. The molecule has 0 aliphatic heterocycles. The Morgan fingerprint density at radius 3 is 1.71 bits per heavy atom. The van der Waals surface area contributed by atoms with E-state index in [9.17, 15) is 39.6 Å². The standard InChI is InChI=1S/C13H10O8/c14-8(15)12(9(16)17)5-6-3-1-2-4-7(6)13(12,10(18)19)11(20)21/h1-4H,5H2,(H,14,15)(H,16,17)(H,18,19)(H,20,21). The summed E-state index contributed by atoms with van der Waals surface area (Å²) in [5.74, 6) is -8.05. The molecule has 1 aliphatic carbocycles. The van der Waals surface area contributed by atoms with Crippen LogP contribution >= 0.6 is 0 Å². The minimum atomic E-state index is -3.08. The SMILES string of the molecule is O=C(O)C1(C(=O)O)Cc2ccccc2C1(C(=O)O)C(=O)O. The Hall–Kier alpha value is -2.90. The van der Waals surface area contributed by atoms with E-state index in [4.69, 9.17) is 0 Å². The predicted molar refractivity (Wildman–Crippen MR) is 64.8 cm³/mol. The topological polar surface area (TPSA) is 149 Å². The van der Waals surface area contributed by atoms with Crippen molar-refractivity contribution in [2.75, 3.05) is 0 Å². The highest BCUT2D eigenvalue weighted by molar-refractivity contribution is 6.19. The zero-order valence-corrected chi connectivity index (χ0v) is 10.4. The fourth-order valence-electron chi connectivity index (χ4n) is 2.94. The summed E-state index contributed by atoms with van der Waals surface area (Å²) >= 11 is 0. The number of carbonyl (C=O) groups is 4. The Morgan fingerprint density at radius 2 is 1.29 bits per heavy atom. The molecule has 0 atom stereocenters. The maximum absolute atomic E-state index is 11.6. The van der Waals surface area contributed by atoms with Crippen molar-refractivity contribution in [2.45, 2.75) is 11.8 Å². The van der Waals surface area contributed by atoms with E-state index in [1.165, 1.54) is 18.2 Å². The quantitative estimate of drug-likeness (QED) is 0.558. The Balaban J connectivity index is 2.98. The highest BCUT2D eigenvalue weighted by Gasteiger charge is 2.76. The second-order valence-corrected chi connectivity index (χ2v) is 4.71. The third-order valence-corrected chi connectivity index (χ3v) is 3.89. The first kappa shape index (κ1) is 14.5. The lowest BCUT2D eigenvalue weighted by Gasteiger charge is -2.33. The van der Waals surface area contributed by atoms with Gasteiger partial charge in [-0.15, -0.1) is 0 Å². The maximum atomic E-state index is 11.6. The van der Waals surface area contributed by atoms with E-state index in [0.29, 0.717) is 0 Å². The van der Waals surface area contributed by atoms with E-state index in [1.54, 1.807) is 0 Å². The zero-order valence-electron chi connectivity index (χ0n) is 10.4. The van der Waals surface area contributed by atoms with Crippen LogP contribution in [-0.2, 0) is 31.0 Å². The second-order valence-electron chi connectivity index (χ2n) is 4.71. The van der Waals surface area contributed by atoms with Crippen molar-refractivity contribution in [3.63, 3.8) is 0 Å². The predicted octanol–water partition coefficient (Wildman–Crippen LogP) is -0.195. The average molecular weight is 294 g/mol. The van der Waals surface area contributed by atoms with Crippen LogP contribution in [0.5, 0.6) is 0 Å². The summed E-state index contributed by atoms with van der Waals surface area (Å²) in [6.45, 7) is 0. The maximum Gasteiger partial charge on any atom is 0.327 e. The van der Waals surface area contributed by atoms with Crippen LogP contribution in [-0.4, -0.2) is 44.3 Å². The Bertz CT molecular complexity index is 647. The van der Waals surface area contributed by atoms with E-state index in [2.05, 4.69) is 0 Å². The van der Waals surface area contributed by atoms with Crippen LogP contribution < -0.4 is 0 Å². The normalized spacial score (nSPS) is 17.7. The molecule has 0 aromatic heterocycles. The lowest BCUT2D eigenvalue weighted by atomic mass is 9.63.